The Labute approximate surface area is 739 Å². The molecule has 10 aliphatic carbocycles. The van der Waals surface area contributed by atoms with Crippen molar-refractivity contribution in [3.63, 3.8) is 0 Å². The Morgan fingerprint density at radius 1 is 0.542 bits per heavy atom. The number of hydrogen-bond acceptors (Lipinski definition) is 17. The summed E-state index contributed by atoms with van der Waals surface area (Å²) in [5.41, 5.74) is 7.36. The molecule has 23 heteroatoms. The minimum Gasteiger partial charge on any atom is -0.793 e. The molecule has 4 spiro atoms. The second kappa shape index (κ2) is 41.1. The summed E-state index contributed by atoms with van der Waals surface area (Å²) in [7, 11) is 4.32. The second-order valence-corrected chi connectivity index (χ2v) is 39.4. The number of piperidine rings is 2. The predicted octanol–water partition coefficient (Wildman–Crippen LogP) is 11.6. The van der Waals surface area contributed by atoms with Crippen LogP contribution >= 0.6 is 0 Å². The van der Waals surface area contributed by atoms with E-state index in [0.717, 1.165) is 165 Å². The van der Waals surface area contributed by atoms with E-state index in [9.17, 15) is 47.9 Å². The summed E-state index contributed by atoms with van der Waals surface area (Å²) in [4.78, 5) is 122. The molecule has 2 aromatic carbocycles. The first-order valence-electron chi connectivity index (χ1n) is 45.5. The second-order valence-electron chi connectivity index (χ2n) is 39.4. The van der Waals surface area contributed by atoms with Crippen LogP contribution in [0.1, 0.15) is 274 Å². The number of allylic oxidation sites excluding steroid dienone is 4. The van der Waals surface area contributed by atoms with Gasteiger partial charge in [0.2, 0.25) is 29.6 Å². The number of aryl methyl sites for hydroxylation is 2. The van der Waals surface area contributed by atoms with E-state index in [2.05, 4.69) is 134 Å². The van der Waals surface area contributed by atoms with Gasteiger partial charge in [-0.1, -0.05) is 147 Å². The third-order valence-electron chi connectivity index (χ3n) is 32.8. The van der Waals surface area contributed by atoms with Gasteiger partial charge >= 0.3 is 41.5 Å². The fourth-order valence-electron chi connectivity index (χ4n) is 27.0. The summed E-state index contributed by atoms with van der Waals surface area (Å²) in [6.07, 6.45) is 35.8. The molecule has 14 aliphatic rings. The van der Waals surface area contributed by atoms with Crippen LogP contribution in [-0.4, -0.2) is 154 Å². The van der Waals surface area contributed by atoms with Gasteiger partial charge in [0, 0.05) is 127 Å². The van der Waals surface area contributed by atoms with Gasteiger partial charge in [0.1, 0.15) is 6.29 Å². The third-order valence-corrected chi connectivity index (χ3v) is 32.8. The first kappa shape index (κ1) is 96.3. The van der Waals surface area contributed by atoms with Crippen molar-refractivity contribution in [1.82, 2.24) is 31.5 Å². The molecule has 4 saturated heterocycles. The zero-order valence-electron chi connectivity index (χ0n) is 73.9. The van der Waals surface area contributed by atoms with Gasteiger partial charge in [-0.3, -0.25) is 38.5 Å². The minimum absolute atomic E-state index is 0. The molecule has 0 bridgehead atoms. The van der Waals surface area contributed by atoms with E-state index in [-0.39, 0.29) is 101 Å². The Kier molecular flexibility index (Phi) is 33.0. The van der Waals surface area contributed by atoms with Crippen molar-refractivity contribution in [2.45, 2.75) is 312 Å². The number of fused-ring (bicyclic) bond motifs is 12. The van der Waals surface area contributed by atoms with Crippen LogP contribution in [0.5, 0.6) is 0 Å². The molecule has 12 fully saturated rings. The Morgan fingerprint density at radius 2 is 0.983 bits per heavy atom. The maximum atomic E-state index is 12.8. The van der Waals surface area contributed by atoms with Crippen LogP contribution in [0, 0.1) is 91.7 Å². The van der Waals surface area contributed by atoms with Gasteiger partial charge < -0.3 is 53.6 Å². The molecule has 4 heterocycles. The maximum absolute atomic E-state index is 12.8. The molecule has 120 heavy (non-hydrogen) atoms. The fraction of sp³-hybridized carbons (Fsp3) is 0.732. The van der Waals surface area contributed by atoms with Crippen molar-refractivity contribution in [3.8, 4) is 0 Å². The van der Waals surface area contributed by atoms with E-state index < -0.39 is 17.9 Å². The number of nitrogens with zero attached hydrogens (tertiary/aromatic N) is 1. The molecule has 655 valence electrons. The minimum atomic E-state index is -0.639. The monoisotopic (exact) mass is 1670 g/mol. The number of nitrogens with one attached hydrogen (secondary N) is 5. The van der Waals surface area contributed by atoms with Gasteiger partial charge in [-0.15, -0.1) is 0 Å². The van der Waals surface area contributed by atoms with E-state index in [1.165, 1.54) is 106 Å². The summed E-state index contributed by atoms with van der Waals surface area (Å²) in [5, 5.41) is 15.6. The van der Waals surface area contributed by atoms with Crippen LogP contribution < -0.4 is 56.1 Å². The summed E-state index contributed by atoms with van der Waals surface area (Å²) in [5.74, 6) is 6.53. The molecule has 4 amide bonds. The molecule has 22 atom stereocenters. The number of amides is 4. The zero-order valence-corrected chi connectivity index (χ0v) is 75.9. The van der Waals surface area contributed by atoms with Crippen molar-refractivity contribution in [3.05, 3.63) is 95.1 Å². The number of carbonyl (C=O) groups is 10. The molecule has 3 radical (unpaired) electrons. The smallest absolute Gasteiger partial charge is 0.793 e. The standard InChI is InChI=1S/C45H65N3O4.C28H41NO2.C17H24N2O3.C4H6O4.C2H3BO2.CH4.Na/c1-30-25-38-41(48(28-30)24-23-47-39(50)13-9-6-10-22-46-40(51)17-14-32-11-7-5-8-12-32)31(2)45(52-38)21-19-36-35-16-15-33-26-34(49)18-20-42(33,3)37(35)27-44(36)29-43(44,45)4;1-16-11-23-24(29-14-16)17(2)28(31-23)10-8-21-20-6-5-18-12-19(30)7-9-25(18,3)22(20)13-27(21)15-26(27,28)4;20-14-13-19-16(21)9-5-2-6-12-18-17(22)11-10-15-7-3-1-4-8-15;1-3(5)7-8-4(2)6;1-2(4)5-3;;/h5,7-8,11-12,26,30-31,35-38,41H,6,9-10,13-25,27-29H2,1-4H3,(H,46,51)(H,47,50);12,16-17,20-24,29H,5-11,13-15H2,1-4H3;1,3-4,7-8,14H,2,5-6,9-13H2,(H,18,22)(H,19,21);1-2H3;1H3;1H4;/q;;;;-1;;+1/t30-,31+,35-,36-,37-,38+,41-,42-,43?,44?,45+;16-,17+,20-,21-,22-,23+,24-,25-,26?,27?,28+;;;;;/m00...../s1. The van der Waals surface area contributed by atoms with Crippen molar-refractivity contribution < 1.29 is 101 Å². The van der Waals surface area contributed by atoms with Gasteiger partial charge in [-0.25, -0.2) is 19.4 Å². The van der Waals surface area contributed by atoms with E-state index in [1.54, 1.807) is 0 Å². The molecular formula is C97H143BN6NaO15. The van der Waals surface area contributed by atoms with Crippen molar-refractivity contribution in [1.29, 1.82) is 0 Å². The molecule has 16 rings (SSSR count). The largest absolute Gasteiger partial charge is 1.00 e. The molecule has 8 saturated carbocycles. The van der Waals surface area contributed by atoms with Crippen LogP contribution in [-0.2, 0) is 84.7 Å². The van der Waals surface area contributed by atoms with Crippen molar-refractivity contribution >= 4 is 67.4 Å². The van der Waals surface area contributed by atoms with Gasteiger partial charge in [0.25, 0.3) is 0 Å². The molecule has 4 unspecified atom stereocenters. The van der Waals surface area contributed by atoms with Crippen molar-refractivity contribution in [2.24, 2.45) is 91.7 Å². The summed E-state index contributed by atoms with van der Waals surface area (Å²) in [6.45, 7) is 28.8. The van der Waals surface area contributed by atoms with Gasteiger partial charge in [0.05, 0.1) is 30.0 Å². The van der Waals surface area contributed by atoms with E-state index in [1.807, 2.05) is 48.5 Å². The number of unbranched alkanes of at least 4 members (excludes halogenated alkanes) is 4. The summed E-state index contributed by atoms with van der Waals surface area (Å²) < 4.78 is 18.3. The summed E-state index contributed by atoms with van der Waals surface area (Å²) >= 11 is 0. The quantitative estimate of drug-likeness (QED) is 0.0227. The predicted molar refractivity (Wildman–Crippen MR) is 459 cm³/mol. The molecule has 4 aliphatic heterocycles. The van der Waals surface area contributed by atoms with Gasteiger partial charge in [0.15, 0.2) is 11.6 Å². The summed E-state index contributed by atoms with van der Waals surface area (Å²) in [6, 6.07) is 21.0. The molecule has 21 nitrogen and oxygen atoms in total. The zero-order chi connectivity index (χ0) is 84.6. The van der Waals surface area contributed by atoms with Crippen LogP contribution in [0.3, 0.4) is 0 Å². The van der Waals surface area contributed by atoms with Gasteiger partial charge in [-0.2, -0.15) is 0 Å². The van der Waals surface area contributed by atoms with E-state index in [0.29, 0.717) is 115 Å². The normalized spacial score (nSPS) is 36.6. The molecular weight excluding hydrogens is 1520 g/mol. The number of ketones is 2. The first-order chi connectivity index (χ1) is 56.4. The number of carbonyl (C=O) groups excluding carboxylic acids is 10. The van der Waals surface area contributed by atoms with Crippen LogP contribution in [0.15, 0.2) is 84.0 Å². The van der Waals surface area contributed by atoms with E-state index in [4.69, 9.17) is 9.47 Å². The maximum Gasteiger partial charge on any atom is 1.00 e. The SMILES string of the molecule is C.CC(=O)OOC(C)=O.C[C@@H]1CN[C@H]2[C@@H](C)[C@@]3(CC[C@H]4[C@@H]5CCC6=CC(=O)CC[C@]6(C)[C@H]5CC45CC53C)O[C@@H]2C1.C[C@H]1C[C@H]2O[C@]3(CC[C@H]4[C@@H]5CCC6=CC(=O)CC[C@]6(C)[C@H]5CC45CC53C)[C@H](C)[C@@H]2N(CCNC(=O)CCCCCNC(=O)CCc2ccccc2)C1.O=CCNC(=O)CCCCCNC(=O)CCc1ccccc1.[B-]OC(C)=O.[Na+]. The average Bonchev–Trinajstić information content (AvgIpc) is 1.46. The molecule has 2 aromatic rings. The van der Waals surface area contributed by atoms with E-state index >= 15 is 0 Å². The Hall–Kier alpha value is -5.88. The molecule has 5 N–H and O–H groups in total. The first-order valence-corrected chi connectivity index (χ1v) is 45.5. The average molecular weight is 1670 g/mol. The third kappa shape index (κ3) is 20.2. The number of aldehydes is 1. The number of ether oxygens (including phenoxy) is 2. The molecule has 0 aromatic heterocycles. The number of likely N-dealkylation sites (tertiary alicyclic amines) is 1. The number of rotatable bonds is 23. The van der Waals surface area contributed by atoms with Crippen LogP contribution in [0.4, 0.5) is 0 Å². The fourth-order valence-corrected chi connectivity index (χ4v) is 27.0. The number of hydrogen-bond donors (Lipinski definition) is 5. The Morgan fingerprint density at radius 3 is 1.45 bits per heavy atom. The van der Waals surface area contributed by atoms with Crippen molar-refractivity contribution in [2.75, 3.05) is 45.8 Å². The topological polar surface area (TPSA) is 280 Å². The Balaban J connectivity index is 0.000000188. The Bertz CT molecular complexity index is 3990. The van der Waals surface area contributed by atoms with Crippen LogP contribution in [0.25, 0.3) is 0 Å². The van der Waals surface area contributed by atoms with Gasteiger partial charge in [-0.05, 0) is 240 Å². The number of benzene rings is 2. The van der Waals surface area contributed by atoms with Crippen LogP contribution in [0.2, 0.25) is 0 Å².